The molecule has 0 aliphatic carbocycles. The Hall–Kier alpha value is -1.38. The number of anilines is 1. The van der Waals surface area contributed by atoms with Crippen LogP contribution < -0.4 is 4.90 Å². The van der Waals surface area contributed by atoms with Gasteiger partial charge in [0.2, 0.25) is 0 Å². The predicted octanol–water partition coefficient (Wildman–Crippen LogP) is 2.77. The smallest absolute Gasteiger partial charge is 0.153 e. The molecule has 2 heterocycles. The number of nitrogens with zero attached hydrogens (tertiary/aromatic N) is 2. The van der Waals surface area contributed by atoms with Gasteiger partial charge in [0.15, 0.2) is 6.29 Å². The Morgan fingerprint density at radius 3 is 2.71 bits per heavy atom. The largest absolute Gasteiger partial charge is 0.356 e. The van der Waals surface area contributed by atoms with Gasteiger partial charge in [-0.3, -0.25) is 4.79 Å². The van der Waals surface area contributed by atoms with Crippen LogP contribution >= 0.6 is 0 Å². The molecule has 3 heteroatoms. The molecule has 1 saturated heterocycles. The van der Waals surface area contributed by atoms with E-state index in [9.17, 15) is 4.79 Å². The van der Waals surface area contributed by atoms with Crippen molar-refractivity contribution in [3.63, 3.8) is 0 Å². The first-order valence-corrected chi connectivity index (χ1v) is 6.37. The fourth-order valence-electron chi connectivity index (χ4n) is 2.54. The van der Waals surface area contributed by atoms with Gasteiger partial charge in [-0.2, -0.15) is 0 Å². The molecule has 0 atom stereocenters. The molecule has 0 spiro atoms. The first-order chi connectivity index (χ1) is 8.22. The van der Waals surface area contributed by atoms with Crippen LogP contribution in [0.15, 0.2) is 18.3 Å². The van der Waals surface area contributed by atoms with Gasteiger partial charge >= 0.3 is 0 Å². The number of hydrogen-bond acceptors (Lipinski definition) is 3. The van der Waals surface area contributed by atoms with Gasteiger partial charge in [-0.1, -0.05) is 13.8 Å². The van der Waals surface area contributed by atoms with Crippen LogP contribution in [-0.2, 0) is 0 Å². The molecule has 0 N–H and O–H groups in total. The zero-order valence-corrected chi connectivity index (χ0v) is 10.6. The van der Waals surface area contributed by atoms with Crippen LogP contribution in [0.4, 0.5) is 5.82 Å². The summed E-state index contributed by atoms with van der Waals surface area (Å²) in [6, 6.07) is 3.65. The summed E-state index contributed by atoms with van der Waals surface area (Å²) in [5.41, 5.74) is 0.704. The minimum atomic E-state index is 0.704. The third-order valence-electron chi connectivity index (χ3n) is 3.73. The summed E-state index contributed by atoms with van der Waals surface area (Å²) in [6.45, 7) is 6.61. The van der Waals surface area contributed by atoms with Gasteiger partial charge in [-0.05, 0) is 36.8 Å². The monoisotopic (exact) mass is 232 g/mol. The van der Waals surface area contributed by atoms with E-state index in [-0.39, 0.29) is 0 Å². The molecule has 0 bridgehead atoms. The molecule has 1 aliphatic rings. The topological polar surface area (TPSA) is 33.2 Å². The predicted molar refractivity (Wildman–Crippen MR) is 69.4 cm³/mol. The number of rotatable bonds is 3. The molecule has 0 aromatic carbocycles. The van der Waals surface area contributed by atoms with Crippen molar-refractivity contribution in [2.75, 3.05) is 18.0 Å². The van der Waals surface area contributed by atoms with E-state index in [0.29, 0.717) is 5.56 Å². The minimum absolute atomic E-state index is 0.704. The maximum Gasteiger partial charge on any atom is 0.153 e. The summed E-state index contributed by atoms with van der Waals surface area (Å²) in [5.74, 6) is 2.42. The van der Waals surface area contributed by atoms with Crippen molar-refractivity contribution in [2.45, 2.75) is 26.7 Å². The molecule has 0 unspecified atom stereocenters. The van der Waals surface area contributed by atoms with Crippen molar-refractivity contribution in [3.8, 4) is 0 Å². The Kier molecular flexibility index (Phi) is 3.77. The lowest BCUT2D eigenvalue weighted by molar-refractivity contribution is 0.112. The highest BCUT2D eigenvalue weighted by Crippen LogP contribution is 2.27. The van der Waals surface area contributed by atoms with Crippen molar-refractivity contribution < 1.29 is 4.79 Å². The quantitative estimate of drug-likeness (QED) is 0.751. The number of aromatic nitrogens is 1. The third-order valence-corrected chi connectivity index (χ3v) is 3.73. The van der Waals surface area contributed by atoms with Crippen LogP contribution in [0.5, 0.6) is 0 Å². The average molecular weight is 232 g/mol. The van der Waals surface area contributed by atoms with Gasteiger partial charge in [-0.25, -0.2) is 4.98 Å². The van der Waals surface area contributed by atoms with Gasteiger partial charge in [0, 0.05) is 19.3 Å². The zero-order chi connectivity index (χ0) is 12.3. The number of aldehydes is 1. The molecule has 0 saturated carbocycles. The molecule has 1 aliphatic heterocycles. The van der Waals surface area contributed by atoms with Crippen molar-refractivity contribution >= 4 is 12.1 Å². The van der Waals surface area contributed by atoms with Crippen LogP contribution in [0.2, 0.25) is 0 Å². The van der Waals surface area contributed by atoms with Crippen LogP contribution in [0.25, 0.3) is 0 Å². The Labute approximate surface area is 103 Å². The summed E-state index contributed by atoms with van der Waals surface area (Å²) in [7, 11) is 0. The van der Waals surface area contributed by atoms with E-state index in [4.69, 9.17) is 0 Å². The second-order valence-corrected chi connectivity index (χ2v) is 5.10. The molecule has 1 fully saturated rings. The van der Waals surface area contributed by atoms with Crippen LogP contribution in [0.3, 0.4) is 0 Å². The summed E-state index contributed by atoms with van der Waals surface area (Å²) < 4.78 is 0. The highest BCUT2D eigenvalue weighted by molar-refractivity contribution is 5.82. The van der Waals surface area contributed by atoms with Crippen LogP contribution in [0.1, 0.15) is 37.0 Å². The average Bonchev–Trinajstić information content (AvgIpc) is 2.39. The number of pyridine rings is 1. The lowest BCUT2D eigenvalue weighted by Gasteiger charge is -2.35. The molecule has 17 heavy (non-hydrogen) atoms. The summed E-state index contributed by atoms with van der Waals surface area (Å²) in [4.78, 5) is 17.6. The number of hydrogen-bond donors (Lipinski definition) is 0. The van der Waals surface area contributed by atoms with Gasteiger partial charge in [0.1, 0.15) is 5.82 Å². The molecule has 3 nitrogen and oxygen atoms in total. The summed E-state index contributed by atoms with van der Waals surface area (Å²) in [6.07, 6.45) is 5.06. The number of carbonyl (C=O) groups is 1. The van der Waals surface area contributed by atoms with Crippen LogP contribution in [0, 0.1) is 11.8 Å². The van der Waals surface area contributed by atoms with Crippen molar-refractivity contribution in [1.82, 2.24) is 4.98 Å². The third kappa shape index (κ3) is 2.65. The lowest BCUT2D eigenvalue weighted by Crippen LogP contribution is -2.36. The zero-order valence-electron chi connectivity index (χ0n) is 10.6. The summed E-state index contributed by atoms with van der Waals surface area (Å²) >= 11 is 0. The van der Waals surface area contributed by atoms with E-state index >= 15 is 0 Å². The fraction of sp³-hybridized carbons (Fsp3) is 0.571. The van der Waals surface area contributed by atoms with Gasteiger partial charge in [-0.15, -0.1) is 0 Å². The SMILES string of the molecule is CC(C)C1CCN(c2ncccc2C=O)CC1. The maximum atomic E-state index is 11.0. The highest BCUT2D eigenvalue weighted by atomic mass is 16.1. The van der Waals surface area contributed by atoms with Crippen molar-refractivity contribution in [3.05, 3.63) is 23.9 Å². The van der Waals surface area contributed by atoms with E-state index in [1.807, 2.05) is 12.1 Å². The molecular weight excluding hydrogens is 212 g/mol. The fourth-order valence-corrected chi connectivity index (χ4v) is 2.54. The molecular formula is C14H20N2O. The van der Waals surface area contributed by atoms with Crippen molar-refractivity contribution in [2.24, 2.45) is 11.8 Å². The Morgan fingerprint density at radius 2 is 2.12 bits per heavy atom. The highest BCUT2D eigenvalue weighted by Gasteiger charge is 2.23. The summed E-state index contributed by atoms with van der Waals surface area (Å²) in [5, 5.41) is 0. The molecule has 0 amide bonds. The second kappa shape index (κ2) is 5.30. The Balaban J connectivity index is 2.07. The van der Waals surface area contributed by atoms with Gasteiger partial charge in [0.25, 0.3) is 0 Å². The first kappa shape index (κ1) is 12.1. The minimum Gasteiger partial charge on any atom is -0.356 e. The standard InChI is InChI=1S/C14H20N2O/c1-11(2)12-5-8-16(9-6-12)14-13(10-17)4-3-7-15-14/h3-4,7,10-12H,5-6,8-9H2,1-2H3. The molecule has 1 aromatic heterocycles. The van der Waals surface area contributed by atoms with Crippen molar-refractivity contribution in [1.29, 1.82) is 0 Å². The van der Waals surface area contributed by atoms with E-state index in [1.165, 1.54) is 12.8 Å². The van der Waals surface area contributed by atoms with Gasteiger partial charge in [0.05, 0.1) is 5.56 Å². The second-order valence-electron chi connectivity index (χ2n) is 5.10. The maximum absolute atomic E-state index is 11.0. The number of piperidine rings is 1. The van der Waals surface area contributed by atoms with E-state index in [2.05, 4.69) is 23.7 Å². The molecule has 92 valence electrons. The molecule has 0 radical (unpaired) electrons. The molecule has 2 rings (SSSR count). The van der Waals surface area contributed by atoms with E-state index in [1.54, 1.807) is 6.20 Å². The number of carbonyl (C=O) groups excluding carboxylic acids is 1. The lowest BCUT2D eigenvalue weighted by atomic mass is 9.86. The first-order valence-electron chi connectivity index (χ1n) is 6.37. The van der Waals surface area contributed by atoms with E-state index in [0.717, 1.165) is 37.0 Å². The Morgan fingerprint density at radius 1 is 1.41 bits per heavy atom. The van der Waals surface area contributed by atoms with Crippen LogP contribution in [-0.4, -0.2) is 24.4 Å². The van der Waals surface area contributed by atoms with Gasteiger partial charge < -0.3 is 4.90 Å². The normalized spacial score (nSPS) is 17.5. The van der Waals surface area contributed by atoms with E-state index < -0.39 is 0 Å². The molecule has 1 aromatic rings. The Bertz CT molecular complexity index is 382.